The molecule has 1 amide bonds. The topological polar surface area (TPSA) is 51.0 Å². The van der Waals surface area contributed by atoms with E-state index in [1.54, 1.807) is 6.20 Å². The summed E-state index contributed by atoms with van der Waals surface area (Å²) >= 11 is 0. The second-order valence-corrected chi connectivity index (χ2v) is 7.57. The lowest BCUT2D eigenvalue weighted by atomic mass is 9.95. The first-order valence-corrected chi connectivity index (χ1v) is 9.29. The zero-order valence-electron chi connectivity index (χ0n) is 14.6. The van der Waals surface area contributed by atoms with Gasteiger partial charge in [0.05, 0.1) is 11.8 Å². The van der Waals surface area contributed by atoms with Crippen molar-refractivity contribution in [3.05, 3.63) is 24.0 Å². The maximum Gasteiger partial charge on any atom is 0.255 e. The SMILES string of the molecule is CC(C)n1ncc2cc(C(=O)N3CCC[C@H]3C3CCCC3)cnc21. The number of aromatic nitrogens is 3. The van der Waals surface area contributed by atoms with Gasteiger partial charge in [-0.15, -0.1) is 0 Å². The molecule has 1 saturated carbocycles. The van der Waals surface area contributed by atoms with Gasteiger partial charge in [0, 0.05) is 30.2 Å². The number of nitrogens with zero attached hydrogens (tertiary/aromatic N) is 4. The Morgan fingerprint density at radius 2 is 1.96 bits per heavy atom. The lowest BCUT2D eigenvalue weighted by Gasteiger charge is -2.29. The van der Waals surface area contributed by atoms with Gasteiger partial charge in [-0.05, 0) is 51.5 Å². The number of pyridine rings is 1. The zero-order chi connectivity index (χ0) is 16.7. The fourth-order valence-corrected chi connectivity index (χ4v) is 4.48. The Balaban J connectivity index is 1.60. The van der Waals surface area contributed by atoms with Gasteiger partial charge in [0.25, 0.3) is 5.91 Å². The molecule has 0 bridgehead atoms. The molecule has 0 N–H and O–H groups in total. The Kier molecular flexibility index (Phi) is 4.02. The fraction of sp³-hybridized carbons (Fsp3) is 0.632. The molecule has 0 radical (unpaired) electrons. The van der Waals surface area contributed by atoms with Gasteiger partial charge < -0.3 is 4.90 Å². The number of carbonyl (C=O) groups is 1. The third kappa shape index (κ3) is 2.60. The minimum atomic E-state index is 0.149. The van der Waals surface area contributed by atoms with Crippen LogP contribution < -0.4 is 0 Å². The standard InChI is InChI=1S/C19H26N4O/c1-13(2)23-18-15(12-21-23)10-16(11-20-18)19(24)22-9-5-8-17(22)14-6-3-4-7-14/h10-14,17H,3-9H2,1-2H3/t17-/m0/s1. The van der Waals surface area contributed by atoms with E-state index in [1.165, 1.54) is 25.7 Å². The molecule has 2 fully saturated rings. The first-order valence-electron chi connectivity index (χ1n) is 9.29. The van der Waals surface area contributed by atoms with Crippen LogP contribution in [0.2, 0.25) is 0 Å². The highest BCUT2D eigenvalue weighted by molar-refractivity contribution is 5.97. The number of rotatable bonds is 3. The average Bonchev–Trinajstić information content (AvgIpc) is 3.31. The molecule has 2 aliphatic rings. The lowest BCUT2D eigenvalue weighted by molar-refractivity contribution is 0.0689. The van der Waals surface area contributed by atoms with Crippen LogP contribution in [0.1, 0.15) is 68.8 Å². The fourth-order valence-electron chi connectivity index (χ4n) is 4.48. The van der Waals surface area contributed by atoms with Gasteiger partial charge in [0.2, 0.25) is 0 Å². The van der Waals surface area contributed by atoms with Gasteiger partial charge >= 0.3 is 0 Å². The molecule has 5 heteroatoms. The van der Waals surface area contributed by atoms with Gasteiger partial charge in [0.1, 0.15) is 0 Å². The lowest BCUT2D eigenvalue weighted by Crippen LogP contribution is -2.39. The second kappa shape index (κ2) is 6.19. The molecule has 5 nitrogen and oxygen atoms in total. The summed E-state index contributed by atoms with van der Waals surface area (Å²) in [6.45, 7) is 5.07. The van der Waals surface area contributed by atoms with Crippen molar-refractivity contribution in [1.82, 2.24) is 19.7 Å². The minimum absolute atomic E-state index is 0.149. The van der Waals surface area contributed by atoms with Crippen LogP contribution in [0.15, 0.2) is 18.5 Å². The van der Waals surface area contributed by atoms with Crippen LogP contribution in [0.4, 0.5) is 0 Å². The molecule has 128 valence electrons. The first kappa shape index (κ1) is 15.6. The molecule has 2 aromatic rings. The van der Waals surface area contributed by atoms with Gasteiger partial charge in [-0.2, -0.15) is 5.10 Å². The van der Waals surface area contributed by atoms with E-state index in [0.29, 0.717) is 17.5 Å². The van der Waals surface area contributed by atoms with Gasteiger partial charge in [-0.25, -0.2) is 9.67 Å². The summed E-state index contributed by atoms with van der Waals surface area (Å²) in [7, 11) is 0. The quantitative estimate of drug-likeness (QED) is 0.862. The monoisotopic (exact) mass is 326 g/mol. The Hall–Kier alpha value is -1.91. The van der Waals surface area contributed by atoms with Crippen molar-refractivity contribution in [2.75, 3.05) is 6.54 Å². The summed E-state index contributed by atoms with van der Waals surface area (Å²) in [4.78, 5) is 19.7. The molecule has 4 rings (SSSR count). The van der Waals surface area contributed by atoms with Crippen LogP contribution in [0.5, 0.6) is 0 Å². The van der Waals surface area contributed by atoms with E-state index in [-0.39, 0.29) is 11.9 Å². The van der Waals surface area contributed by atoms with Crippen molar-refractivity contribution in [3.8, 4) is 0 Å². The number of carbonyl (C=O) groups excluding carboxylic acids is 1. The van der Waals surface area contributed by atoms with Crippen molar-refractivity contribution in [2.45, 2.75) is 64.5 Å². The highest BCUT2D eigenvalue weighted by atomic mass is 16.2. The van der Waals surface area contributed by atoms with Crippen molar-refractivity contribution in [2.24, 2.45) is 5.92 Å². The summed E-state index contributed by atoms with van der Waals surface area (Å²) < 4.78 is 1.90. The van der Waals surface area contributed by atoms with E-state index in [2.05, 4.69) is 28.8 Å². The molecule has 0 unspecified atom stereocenters. The predicted molar refractivity (Wildman–Crippen MR) is 93.9 cm³/mol. The molecular formula is C19H26N4O. The predicted octanol–water partition coefficient (Wildman–Crippen LogP) is 3.81. The molecule has 3 heterocycles. The van der Waals surface area contributed by atoms with Crippen molar-refractivity contribution < 1.29 is 4.79 Å². The Labute approximate surface area is 143 Å². The molecule has 1 aliphatic heterocycles. The largest absolute Gasteiger partial charge is 0.335 e. The number of hydrogen-bond donors (Lipinski definition) is 0. The number of amides is 1. The highest BCUT2D eigenvalue weighted by Gasteiger charge is 2.36. The van der Waals surface area contributed by atoms with E-state index in [1.807, 2.05) is 16.9 Å². The van der Waals surface area contributed by atoms with Gasteiger partial charge in [-0.1, -0.05) is 12.8 Å². The summed E-state index contributed by atoms with van der Waals surface area (Å²) in [5.41, 5.74) is 1.56. The van der Waals surface area contributed by atoms with Gasteiger partial charge in [-0.3, -0.25) is 4.79 Å². The van der Waals surface area contributed by atoms with Crippen molar-refractivity contribution >= 4 is 16.9 Å². The maximum absolute atomic E-state index is 13.1. The summed E-state index contributed by atoms with van der Waals surface area (Å²) in [6.07, 6.45) is 11.1. The van der Waals surface area contributed by atoms with Crippen LogP contribution in [-0.4, -0.2) is 38.2 Å². The third-order valence-electron chi connectivity index (χ3n) is 5.67. The van der Waals surface area contributed by atoms with E-state index in [4.69, 9.17) is 0 Å². The molecule has 1 saturated heterocycles. The molecule has 0 spiro atoms. The Morgan fingerprint density at radius 3 is 2.71 bits per heavy atom. The van der Waals surface area contributed by atoms with E-state index in [9.17, 15) is 4.79 Å². The molecular weight excluding hydrogens is 300 g/mol. The first-order chi connectivity index (χ1) is 11.6. The molecule has 24 heavy (non-hydrogen) atoms. The molecule has 2 aromatic heterocycles. The average molecular weight is 326 g/mol. The van der Waals surface area contributed by atoms with Crippen LogP contribution >= 0.6 is 0 Å². The second-order valence-electron chi connectivity index (χ2n) is 7.57. The number of hydrogen-bond acceptors (Lipinski definition) is 3. The Bertz CT molecular complexity index is 745. The summed E-state index contributed by atoms with van der Waals surface area (Å²) in [6, 6.07) is 2.66. The van der Waals surface area contributed by atoms with E-state index >= 15 is 0 Å². The van der Waals surface area contributed by atoms with E-state index in [0.717, 1.165) is 30.4 Å². The van der Waals surface area contributed by atoms with Crippen molar-refractivity contribution in [3.63, 3.8) is 0 Å². The number of fused-ring (bicyclic) bond motifs is 1. The van der Waals surface area contributed by atoms with Crippen LogP contribution in [-0.2, 0) is 0 Å². The normalized spacial score (nSPS) is 22.1. The Morgan fingerprint density at radius 1 is 1.17 bits per heavy atom. The van der Waals surface area contributed by atoms with Crippen LogP contribution in [0.3, 0.4) is 0 Å². The van der Waals surface area contributed by atoms with E-state index < -0.39 is 0 Å². The van der Waals surface area contributed by atoms with Gasteiger partial charge in [0.15, 0.2) is 5.65 Å². The molecule has 0 aromatic carbocycles. The number of likely N-dealkylation sites (tertiary alicyclic amines) is 1. The zero-order valence-corrected chi connectivity index (χ0v) is 14.6. The van der Waals surface area contributed by atoms with Crippen LogP contribution in [0.25, 0.3) is 11.0 Å². The smallest absolute Gasteiger partial charge is 0.255 e. The minimum Gasteiger partial charge on any atom is -0.335 e. The summed E-state index contributed by atoms with van der Waals surface area (Å²) in [5.74, 6) is 0.855. The third-order valence-corrected chi connectivity index (χ3v) is 5.67. The molecule has 1 atom stereocenters. The highest BCUT2D eigenvalue weighted by Crippen LogP contribution is 2.36. The van der Waals surface area contributed by atoms with Crippen LogP contribution in [0, 0.1) is 5.92 Å². The van der Waals surface area contributed by atoms with Crippen molar-refractivity contribution in [1.29, 1.82) is 0 Å². The molecule has 1 aliphatic carbocycles. The maximum atomic E-state index is 13.1. The summed E-state index contributed by atoms with van der Waals surface area (Å²) in [5, 5.41) is 5.35.